The quantitative estimate of drug-likeness (QED) is 0.330. The molecule has 202 valence electrons. The van der Waals surface area contributed by atoms with Crippen molar-refractivity contribution in [3.05, 3.63) is 76.7 Å². The minimum atomic E-state index is -0.797. The van der Waals surface area contributed by atoms with Crippen LogP contribution in [0.2, 0.25) is 0 Å². The lowest BCUT2D eigenvalue weighted by atomic mass is 9.81. The standard InChI is InChI=1S/C31H36FNO5/c1-30(2,3)29(37-6)24-13-19(7-10-22(24)23-15-27(36-5)33-17-26(23)32)18-38-21-9-8-20-11-12-31(4,16-28(34)35)25(20)14-21/h7-10,13-15,17,29H,11-12,16,18H2,1-6H3,(H,34,35)/t29-,31+/m0/s1. The number of fused-ring (bicyclic) bond motifs is 1. The van der Waals surface area contributed by atoms with Crippen LogP contribution in [0.1, 0.15) is 68.9 Å². The molecular formula is C31H36FNO5. The molecule has 1 aliphatic carbocycles. The van der Waals surface area contributed by atoms with E-state index in [4.69, 9.17) is 14.2 Å². The number of benzene rings is 2. The van der Waals surface area contributed by atoms with Crippen molar-refractivity contribution >= 4 is 5.97 Å². The summed E-state index contributed by atoms with van der Waals surface area (Å²) < 4.78 is 32.3. The van der Waals surface area contributed by atoms with Gasteiger partial charge in [0.25, 0.3) is 0 Å². The molecule has 0 bridgehead atoms. The van der Waals surface area contributed by atoms with Crippen LogP contribution in [0.25, 0.3) is 11.1 Å². The number of carbonyl (C=O) groups is 1. The molecule has 1 aromatic heterocycles. The van der Waals surface area contributed by atoms with Crippen LogP contribution in [-0.2, 0) is 28.0 Å². The normalized spacial score (nSPS) is 17.7. The summed E-state index contributed by atoms with van der Waals surface area (Å²) in [5, 5.41) is 9.41. The summed E-state index contributed by atoms with van der Waals surface area (Å²) in [6.07, 6.45) is 2.62. The van der Waals surface area contributed by atoms with Gasteiger partial charge in [0, 0.05) is 24.2 Å². The number of hydrogen-bond donors (Lipinski definition) is 1. The van der Waals surface area contributed by atoms with Crippen molar-refractivity contribution in [1.29, 1.82) is 0 Å². The number of nitrogens with zero attached hydrogens (tertiary/aromatic N) is 1. The molecule has 1 aliphatic rings. The summed E-state index contributed by atoms with van der Waals surface area (Å²) in [6, 6.07) is 13.4. The summed E-state index contributed by atoms with van der Waals surface area (Å²) in [6.45, 7) is 8.54. The Bertz CT molecular complexity index is 1330. The molecule has 0 saturated heterocycles. The van der Waals surface area contributed by atoms with E-state index in [1.165, 1.54) is 18.9 Å². The molecule has 38 heavy (non-hydrogen) atoms. The number of aryl methyl sites for hydroxylation is 1. The van der Waals surface area contributed by atoms with Crippen molar-refractivity contribution in [1.82, 2.24) is 4.98 Å². The molecule has 0 radical (unpaired) electrons. The second-order valence-corrected chi connectivity index (χ2v) is 11.3. The molecule has 1 heterocycles. The molecule has 0 aliphatic heterocycles. The molecule has 0 unspecified atom stereocenters. The summed E-state index contributed by atoms with van der Waals surface area (Å²) >= 11 is 0. The highest BCUT2D eigenvalue weighted by molar-refractivity contribution is 5.70. The molecule has 7 heteroatoms. The van der Waals surface area contributed by atoms with Gasteiger partial charge in [-0.25, -0.2) is 9.37 Å². The highest BCUT2D eigenvalue weighted by Gasteiger charge is 2.36. The molecule has 2 atom stereocenters. The van der Waals surface area contributed by atoms with E-state index >= 15 is 0 Å². The van der Waals surface area contributed by atoms with Crippen LogP contribution in [0.15, 0.2) is 48.7 Å². The van der Waals surface area contributed by atoms with Gasteiger partial charge in [-0.15, -0.1) is 0 Å². The van der Waals surface area contributed by atoms with Gasteiger partial charge in [-0.2, -0.15) is 0 Å². The van der Waals surface area contributed by atoms with E-state index in [0.29, 0.717) is 29.4 Å². The van der Waals surface area contributed by atoms with Gasteiger partial charge in [0.05, 0.1) is 25.8 Å². The maximum absolute atomic E-state index is 14.9. The van der Waals surface area contributed by atoms with Crippen LogP contribution in [0.5, 0.6) is 11.6 Å². The number of aromatic nitrogens is 1. The zero-order chi connectivity index (χ0) is 27.7. The number of aliphatic carboxylic acids is 1. The first-order valence-corrected chi connectivity index (χ1v) is 12.8. The summed E-state index contributed by atoms with van der Waals surface area (Å²) in [5.41, 5.74) is 4.41. The van der Waals surface area contributed by atoms with Crippen molar-refractivity contribution in [2.24, 2.45) is 5.41 Å². The van der Waals surface area contributed by atoms with Gasteiger partial charge in [-0.3, -0.25) is 4.79 Å². The van der Waals surface area contributed by atoms with Gasteiger partial charge in [0.15, 0.2) is 0 Å². The minimum absolute atomic E-state index is 0.0931. The van der Waals surface area contributed by atoms with Gasteiger partial charge in [0.2, 0.25) is 5.88 Å². The number of methoxy groups -OCH3 is 2. The average molecular weight is 522 g/mol. The highest BCUT2D eigenvalue weighted by Crippen LogP contribution is 2.44. The molecule has 0 spiro atoms. The van der Waals surface area contributed by atoms with Crippen LogP contribution in [0.3, 0.4) is 0 Å². The third-order valence-corrected chi connectivity index (χ3v) is 7.37. The van der Waals surface area contributed by atoms with Crippen molar-refractivity contribution in [2.75, 3.05) is 14.2 Å². The van der Waals surface area contributed by atoms with E-state index in [-0.39, 0.29) is 17.9 Å². The Morgan fingerprint density at radius 1 is 1.13 bits per heavy atom. The van der Waals surface area contributed by atoms with Gasteiger partial charge < -0.3 is 19.3 Å². The number of carboxylic acid groups (broad SMARTS) is 1. The maximum atomic E-state index is 14.9. The van der Waals surface area contributed by atoms with Crippen LogP contribution >= 0.6 is 0 Å². The fourth-order valence-corrected chi connectivity index (χ4v) is 5.50. The van der Waals surface area contributed by atoms with Crippen molar-refractivity contribution < 1.29 is 28.5 Å². The summed E-state index contributed by atoms with van der Waals surface area (Å²) in [4.78, 5) is 15.4. The van der Waals surface area contributed by atoms with E-state index in [2.05, 4.69) is 25.8 Å². The number of halogens is 1. The fourth-order valence-electron chi connectivity index (χ4n) is 5.50. The molecule has 1 N–H and O–H groups in total. The topological polar surface area (TPSA) is 77.9 Å². The molecule has 6 nitrogen and oxygen atoms in total. The third-order valence-electron chi connectivity index (χ3n) is 7.37. The van der Waals surface area contributed by atoms with Crippen molar-refractivity contribution in [2.45, 2.75) is 65.1 Å². The molecule has 0 fully saturated rings. The maximum Gasteiger partial charge on any atom is 0.304 e. The number of pyridine rings is 1. The van der Waals surface area contributed by atoms with E-state index in [1.807, 2.05) is 43.3 Å². The largest absolute Gasteiger partial charge is 0.489 e. The Labute approximate surface area is 223 Å². The molecule has 0 saturated carbocycles. The predicted octanol–water partition coefficient (Wildman–Crippen LogP) is 6.89. The van der Waals surface area contributed by atoms with E-state index in [1.54, 1.807) is 13.2 Å². The number of rotatable bonds is 9. The van der Waals surface area contributed by atoms with Crippen molar-refractivity contribution in [3.8, 4) is 22.8 Å². The second kappa shape index (κ2) is 10.7. The monoisotopic (exact) mass is 521 g/mol. The molecule has 4 rings (SSSR count). The minimum Gasteiger partial charge on any atom is -0.489 e. The molecule has 2 aromatic carbocycles. The van der Waals surface area contributed by atoms with Crippen LogP contribution in [0.4, 0.5) is 4.39 Å². The van der Waals surface area contributed by atoms with Gasteiger partial charge in [0.1, 0.15) is 18.2 Å². The Morgan fingerprint density at radius 2 is 1.89 bits per heavy atom. The lowest BCUT2D eigenvalue weighted by molar-refractivity contribution is -0.138. The molecule has 0 amide bonds. The van der Waals surface area contributed by atoms with Gasteiger partial charge in [-0.05, 0) is 64.3 Å². The summed E-state index contributed by atoms with van der Waals surface area (Å²) in [7, 11) is 3.16. The zero-order valence-electron chi connectivity index (χ0n) is 22.9. The van der Waals surface area contributed by atoms with Crippen LogP contribution < -0.4 is 9.47 Å². The lowest BCUT2D eigenvalue weighted by Crippen LogP contribution is -2.22. The van der Waals surface area contributed by atoms with Gasteiger partial charge >= 0.3 is 5.97 Å². The third kappa shape index (κ3) is 5.68. The zero-order valence-corrected chi connectivity index (χ0v) is 22.9. The first-order valence-electron chi connectivity index (χ1n) is 12.8. The number of ether oxygens (including phenoxy) is 3. The van der Waals surface area contributed by atoms with E-state index in [0.717, 1.165) is 29.5 Å². The Hall–Kier alpha value is -3.45. The van der Waals surface area contributed by atoms with E-state index < -0.39 is 17.2 Å². The second-order valence-electron chi connectivity index (χ2n) is 11.3. The molecular weight excluding hydrogens is 485 g/mol. The smallest absolute Gasteiger partial charge is 0.304 e. The predicted molar refractivity (Wildman–Crippen MR) is 144 cm³/mol. The average Bonchev–Trinajstić information content (AvgIpc) is 3.18. The SMILES string of the molecule is COc1cc(-c2ccc(COc3ccc4c(c3)[C@@](C)(CC(=O)O)CC4)cc2[C@H](OC)C(C)(C)C)c(F)cn1. The first kappa shape index (κ1) is 27.6. The first-order chi connectivity index (χ1) is 17.9. The summed E-state index contributed by atoms with van der Waals surface area (Å²) in [5.74, 6) is -0.218. The van der Waals surface area contributed by atoms with Gasteiger partial charge in [-0.1, -0.05) is 45.9 Å². The Kier molecular flexibility index (Phi) is 7.79. The fraction of sp³-hybridized carbons (Fsp3) is 0.419. The van der Waals surface area contributed by atoms with Crippen molar-refractivity contribution in [3.63, 3.8) is 0 Å². The molecule has 3 aromatic rings. The van der Waals surface area contributed by atoms with E-state index in [9.17, 15) is 14.3 Å². The Morgan fingerprint density at radius 3 is 2.55 bits per heavy atom. The van der Waals surface area contributed by atoms with Crippen LogP contribution in [-0.4, -0.2) is 30.3 Å². The number of hydrogen-bond acceptors (Lipinski definition) is 5. The lowest BCUT2D eigenvalue weighted by Gasteiger charge is -2.32. The Balaban J connectivity index is 1.67. The number of carboxylic acids is 1. The van der Waals surface area contributed by atoms with Crippen LogP contribution in [0, 0.1) is 11.2 Å². The highest BCUT2D eigenvalue weighted by atomic mass is 19.1.